The van der Waals surface area contributed by atoms with Gasteiger partial charge in [-0.05, 0) is 42.5 Å². The first-order chi connectivity index (χ1) is 11.0. The third kappa shape index (κ3) is 3.45. The van der Waals surface area contributed by atoms with Crippen molar-refractivity contribution in [2.24, 2.45) is 0 Å². The van der Waals surface area contributed by atoms with E-state index in [2.05, 4.69) is 4.90 Å². The molecular weight excluding hydrogens is 322 g/mol. The van der Waals surface area contributed by atoms with Crippen molar-refractivity contribution in [3.05, 3.63) is 64.7 Å². The fourth-order valence-corrected chi connectivity index (χ4v) is 2.80. The molecule has 0 radical (unpaired) electrons. The summed E-state index contributed by atoms with van der Waals surface area (Å²) in [7, 11) is 0. The highest BCUT2D eigenvalue weighted by molar-refractivity contribution is 6.31. The van der Waals surface area contributed by atoms with Crippen LogP contribution in [0, 0.1) is 11.6 Å². The van der Waals surface area contributed by atoms with E-state index < -0.39 is 5.82 Å². The van der Waals surface area contributed by atoms with E-state index in [1.165, 1.54) is 30.3 Å². The van der Waals surface area contributed by atoms with Crippen LogP contribution in [0.4, 0.5) is 14.5 Å². The third-order valence-electron chi connectivity index (χ3n) is 3.93. The van der Waals surface area contributed by atoms with Crippen LogP contribution in [0.25, 0.3) is 0 Å². The molecule has 1 amide bonds. The predicted octanol–water partition coefficient (Wildman–Crippen LogP) is 3.58. The quantitative estimate of drug-likeness (QED) is 0.837. The van der Waals surface area contributed by atoms with Gasteiger partial charge in [0, 0.05) is 37.4 Å². The highest BCUT2D eigenvalue weighted by Gasteiger charge is 2.22. The lowest BCUT2D eigenvalue weighted by Crippen LogP contribution is -2.48. The number of hydrogen-bond acceptors (Lipinski definition) is 2. The number of anilines is 1. The zero-order valence-electron chi connectivity index (χ0n) is 12.3. The molecule has 0 N–H and O–H groups in total. The van der Waals surface area contributed by atoms with Crippen molar-refractivity contribution < 1.29 is 13.6 Å². The average molecular weight is 337 g/mol. The van der Waals surface area contributed by atoms with Gasteiger partial charge in [-0.1, -0.05) is 11.6 Å². The summed E-state index contributed by atoms with van der Waals surface area (Å²) in [5.74, 6) is -0.915. The maximum Gasteiger partial charge on any atom is 0.253 e. The molecule has 1 fully saturated rings. The number of carbonyl (C=O) groups is 1. The van der Waals surface area contributed by atoms with E-state index in [0.717, 1.165) is 5.69 Å². The number of benzene rings is 2. The molecule has 0 atom stereocenters. The molecule has 0 aliphatic carbocycles. The fourth-order valence-electron chi connectivity index (χ4n) is 2.62. The highest BCUT2D eigenvalue weighted by Crippen LogP contribution is 2.24. The Morgan fingerprint density at radius 2 is 1.61 bits per heavy atom. The van der Waals surface area contributed by atoms with E-state index in [-0.39, 0.29) is 16.7 Å². The maximum atomic E-state index is 13.2. The third-order valence-corrected chi connectivity index (χ3v) is 4.22. The Balaban J connectivity index is 1.64. The van der Waals surface area contributed by atoms with Crippen LogP contribution in [0.1, 0.15) is 10.4 Å². The van der Waals surface area contributed by atoms with Crippen LogP contribution < -0.4 is 4.90 Å². The second-order valence-corrected chi connectivity index (χ2v) is 5.79. The van der Waals surface area contributed by atoms with Gasteiger partial charge in [-0.2, -0.15) is 0 Å². The summed E-state index contributed by atoms with van der Waals surface area (Å²) in [6.45, 7) is 2.36. The SMILES string of the molecule is O=C(c1ccc(F)cc1)N1CCN(c2ccc(F)c(Cl)c2)CC1. The zero-order valence-corrected chi connectivity index (χ0v) is 13.1. The van der Waals surface area contributed by atoms with E-state index in [1.807, 2.05) is 0 Å². The Labute approximate surface area is 138 Å². The Bertz CT molecular complexity index is 713. The van der Waals surface area contributed by atoms with E-state index in [0.29, 0.717) is 31.7 Å². The molecule has 0 saturated carbocycles. The molecule has 0 spiro atoms. The Kier molecular flexibility index (Phi) is 4.48. The Morgan fingerprint density at radius 1 is 0.957 bits per heavy atom. The average Bonchev–Trinajstić information content (AvgIpc) is 2.57. The van der Waals surface area contributed by atoms with Crippen molar-refractivity contribution in [3.63, 3.8) is 0 Å². The van der Waals surface area contributed by atoms with Gasteiger partial charge in [0.2, 0.25) is 0 Å². The second kappa shape index (κ2) is 6.54. The molecule has 23 heavy (non-hydrogen) atoms. The van der Waals surface area contributed by atoms with Crippen molar-refractivity contribution in [1.29, 1.82) is 0 Å². The number of carbonyl (C=O) groups excluding carboxylic acids is 1. The summed E-state index contributed by atoms with van der Waals surface area (Å²) < 4.78 is 26.1. The first kappa shape index (κ1) is 15.7. The Morgan fingerprint density at radius 3 is 2.22 bits per heavy atom. The van der Waals surface area contributed by atoms with Gasteiger partial charge in [0.1, 0.15) is 11.6 Å². The van der Waals surface area contributed by atoms with E-state index >= 15 is 0 Å². The zero-order chi connectivity index (χ0) is 16.4. The summed E-state index contributed by atoms with van der Waals surface area (Å²) in [6, 6.07) is 10.2. The largest absolute Gasteiger partial charge is 0.368 e. The van der Waals surface area contributed by atoms with E-state index in [1.54, 1.807) is 17.0 Å². The summed E-state index contributed by atoms with van der Waals surface area (Å²) in [4.78, 5) is 16.2. The molecular formula is C17H15ClF2N2O. The molecule has 2 aromatic rings. The number of amides is 1. The standard InChI is InChI=1S/C17H15ClF2N2O/c18-15-11-14(5-6-16(15)20)21-7-9-22(10-8-21)17(23)12-1-3-13(19)4-2-12/h1-6,11H,7-10H2. The van der Waals surface area contributed by atoms with Gasteiger partial charge in [0.25, 0.3) is 5.91 Å². The molecule has 1 heterocycles. The minimum atomic E-state index is -0.444. The highest BCUT2D eigenvalue weighted by atomic mass is 35.5. The normalized spacial score (nSPS) is 14.9. The van der Waals surface area contributed by atoms with E-state index in [9.17, 15) is 13.6 Å². The fraction of sp³-hybridized carbons (Fsp3) is 0.235. The molecule has 3 nitrogen and oxygen atoms in total. The van der Waals surface area contributed by atoms with Crippen LogP contribution in [0.15, 0.2) is 42.5 Å². The lowest BCUT2D eigenvalue weighted by Gasteiger charge is -2.36. The number of nitrogens with zero attached hydrogens (tertiary/aromatic N) is 2. The molecule has 120 valence electrons. The van der Waals surface area contributed by atoms with Crippen molar-refractivity contribution in [1.82, 2.24) is 4.90 Å². The summed E-state index contributed by atoms with van der Waals surface area (Å²) in [5, 5.41) is 0.0901. The molecule has 0 bridgehead atoms. The number of halogens is 3. The van der Waals surface area contributed by atoms with E-state index in [4.69, 9.17) is 11.6 Å². The van der Waals surface area contributed by atoms with Gasteiger partial charge >= 0.3 is 0 Å². The van der Waals surface area contributed by atoms with Crippen LogP contribution in [0.5, 0.6) is 0 Å². The van der Waals surface area contributed by atoms with Crippen LogP contribution in [-0.4, -0.2) is 37.0 Å². The summed E-state index contributed by atoms with van der Waals surface area (Å²) in [5.41, 5.74) is 1.31. The first-order valence-corrected chi connectivity index (χ1v) is 7.67. The first-order valence-electron chi connectivity index (χ1n) is 7.29. The number of hydrogen-bond donors (Lipinski definition) is 0. The van der Waals surface area contributed by atoms with Crippen LogP contribution in [0.3, 0.4) is 0 Å². The number of rotatable bonds is 2. The molecule has 6 heteroatoms. The summed E-state index contributed by atoms with van der Waals surface area (Å²) >= 11 is 5.81. The van der Waals surface area contributed by atoms with Gasteiger partial charge in [-0.15, -0.1) is 0 Å². The molecule has 2 aromatic carbocycles. The molecule has 1 aliphatic heterocycles. The minimum absolute atomic E-state index is 0.0901. The van der Waals surface area contributed by atoms with Crippen molar-refractivity contribution in [3.8, 4) is 0 Å². The van der Waals surface area contributed by atoms with Gasteiger partial charge in [0.05, 0.1) is 5.02 Å². The topological polar surface area (TPSA) is 23.6 Å². The molecule has 1 saturated heterocycles. The van der Waals surface area contributed by atoms with Gasteiger partial charge in [0.15, 0.2) is 0 Å². The molecule has 3 rings (SSSR count). The second-order valence-electron chi connectivity index (χ2n) is 5.38. The van der Waals surface area contributed by atoms with Gasteiger partial charge in [-0.25, -0.2) is 8.78 Å². The van der Waals surface area contributed by atoms with Crippen LogP contribution >= 0.6 is 11.6 Å². The van der Waals surface area contributed by atoms with Crippen molar-refractivity contribution >= 4 is 23.2 Å². The lowest BCUT2D eigenvalue weighted by atomic mass is 10.1. The van der Waals surface area contributed by atoms with Crippen molar-refractivity contribution in [2.45, 2.75) is 0 Å². The predicted molar refractivity (Wildman–Crippen MR) is 85.9 cm³/mol. The minimum Gasteiger partial charge on any atom is -0.368 e. The smallest absolute Gasteiger partial charge is 0.253 e. The molecule has 1 aliphatic rings. The molecule has 0 aromatic heterocycles. The van der Waals surface area contributed by atoms with Gasteiger partial charge in [-0.3, -0.25) is 4.79 Å². The Hall–Kier alpha value is -2.14. The van der Waals surface area contributed by atoms with Crippen LogP contribution in [-0.2, 0) is 0 Å². The molecule has 0 unspecified atom stereocenters. The van der Waals surface area contributed by atoms with Gasteiger partial charge < -0.3 is 9.80 Å². The number of piperazine rings is 1. The lowest BCUT2D eigenvalue weighted by molar-refractivity contribution is 0.0746. The monoisotopic (exact) mass is 336 g/mol. The van der Waals surface area contributed by atoms with Crippen LogP contribution in [0.2, 0.25) is 5.02 Å². The maximum absolute atomic E-state index is 13.2. The van der Waals surface area contributed by atoms with Crippen molar-refractivity contribution in [2.75, 3.05) is 31.1 Å². The summed E-state index contributed by atoms with van der Waals surface area (Å²) in [6.07, 6.45) is 0.